The van der Waals surface area contributed by atoms with E-state index in [0.717, 1.165) is 19.4 Å². The summed E-state index contributed by atoms with van der Waals surface area (Å²) in [6.07, 6.45) is 6.93. The summed E-state index contributed by atoms with van der Waals surface area (Å²) in [4.78, 5) is 25.3. The molecule has 2 N–H and O–H groups in total. The fourth-order valence-electron chi connectivity index (χ4n) is 2.33. The smallest absolute Gasteiger partial charge is 0.229 e. The number of likely N-dealkylation sites (N-methyl/N-ethyl adjacent to an activating group) is 1. The molecule has 0 radical (unpaired) electrons. The van der Waals surface area contributed by atoms with Crippen molar-refractivity contribution >= 4 is 11.8 Å². The van der Waals surface area contributed by atoms with Crippen molar-refractivity contribution in [1.82, 2.24) is 15.5 Å². The fraction of sp³-hybridized carbons (Fsp3) is 0.857. The Bertz CT molecular complexity index is 284. The molecule has 1 saturated carbocycles. The fourth-order valence-corrected chi connectivity index (χ4v) is 2.33. The third kappa shape index (κ3) is 7.82. The van der Waals surface area contributed by atoms with Crippen LogP contribution in [0.25, 0.3) is 0 Å². The molecular formula is C14H27N3O2. The number of hydrogen-bond donors (Lipinski definition) is 2. The highest BCUT2D eigenvalue weighted by Crippen LogP contribution is 2.17. The Morgan fingerprint density at radius 3 is 2.26 bits per heavy atom. The molecule has 0 atom stereocenters. The normalized spacial score (nSPS) is 17.0. The van der Waals surface area contributed by atoms with Gasteiger partial charge >= 0.3 is 0 Å². The van der Waals surface area contributed by atoms with Gasteiger partial charge in [-0.15, -0.1) is 0 Å². The number of nitrogens with zero attached hydrogens (tertiary/aromatic N) is 1. The van der Waals surface area contributed by atoms with Crippen molar-refractivity contribution < 1.29 is 9.59 Å². The van der Waals surface area contributed by atoms with Gasteiger partial charge in [0.2, 0.25) is 11.8 Å². The molecule has 0 unspecified atom stereocenters. The number of carbonyl (C=O) groups excluding carboxylic acids is 2. The Balaban J connectivity index is 2.16. The van der Waals surface area contributed by atoms with E-state index in [-0.39, 0.29) is 24.3 Å². The van der Waals surface area contributed by atoms with E-state index in [9.17, 15) is 9.59 Å². The molecule has 0 aromatic carbocycles. The average Bonchev–Trinajstić information content (AvgIpc) is 2.56. The number of hydrogen-bond acceptors (Lipinski definition) is 3. The van der Waals surface area contributed by atoms with Crippen LogP contribution in [0, 0.1) is 0 Å². The summed E-state index contributed by atoms with van der Waals surface area (Å²) in [5.41, 5.74) is 0. The number of nitrogens with one attached hydrogen (secondary N) is 2. The zero-order valence-corrected chi connectivity index (χ0v) is 12.2. The van der Waals surface area contributed by atoms with Crippen LogP contribution in [0.5, 0.6) is 0 Å². The molecule has 0 aliphatic heterocycles. The molecule has 5 heteroatoms. The highest BCUT2D eigenvalue weighted by atomic mass is 16.2. The van der Waals surface area contributed by atoms with E-state index >= 15 is 0 Å². The second kappa shape index (κ2) is 8.91. The highest BCUT2D eigenvalue weighted by molar-refractivity contribution is 5.96. The van der Waals surface area contributed by atoms with E-state index < -0.39 is 0 Å². The average molecular weight is 269 g/mol. The molecular weight excluding hydrogens is 242 g/mol. The Morgan fingerprint density at radius 1 is 1.05 bits per heavy atom. The highest BCUT2D eigenvalue weighted by Gasteiger charge is 2.16. The van der Waals surface area contributed by atoms with E-state index in [0.29, 0.717) is 6.54 Å². The molecule has 0 saturated heterocycles. The van der Waals surface area contributed by atoms with Gasteiger partial charge in [0.25, 0.3) is 0 Å². The monoisotopic (exact) mass is 269 g/mol. The Kier molecular flexibility index (Phi) is 7.48. The second-order valence-corrected chi connectivity index (χ2v) is 5.59. The maximum Gasteiger partial charge on any atom is 0.229 e. The van der Waals surface area contributed by atoms with Gasteiger partial charge in [-0.05, 0) is 26.9 Å². The lowest BCUT2D eigenvalue weighted by Gasteiger charge is -2.16. The first kappa shape index (κ1) is 16.0. The van der Waals surface area contributed by atoms with Crippen molar-refractivity contribution in [3.63, 3.8) is 0 Å². The Morgan fingerprint density at radius 2 is 1.68 bits per heavy atom. The third-order valence-electron chi connectivity index (χ3n) is 3.42. The summed E-state index contributed by atoms with van der Waals surface area (Å²) < 4.78 is 0. The minimum Gasteiger partial charge on any atom is -0.354 e. The molecule has 0 bridgehead atoms. The van der Waals surface area contributed by atoms with Gasteiger partial charge in [0.1, 0.15) is 6.42 Å². The summed E-state index contributed by atoms with van der Waals surface area (Å²) in [6.45, 7) is 1.37. The van der Waals surface area contributed by atoms with Crippen LogP contribution in [-0.4, -0.2) is 49.9 Å². The van der Waals surface area contributed by atoms with Crippen molar-refractivity contribution in [3.8, 4) is 0 Å². The van der Waals surface area contributed by atoms with Crippen molar-refractivity contribution in [3.05, 3.63) is 0 Å². The third-order valence-corrected chi connectivity index (χ3v) is 3.42. The van der Waals surface area contributed by atoms with E-state index in [1.54, 1.807) is 0 Å². The first-order valence-corrected chi connectivity index (χ1v) is 7.28. The molecule has 5 nitrogen and oxygen atoms in total. The summed E-state index contributed by atoms with van der Waals surface area (Å²) >= 11 is 0. The van der Waals surface area contributed by atoms with Gasteiger partial charge in [0.05, 0.1) is 0 Å². The van der Waals surface area contributed by atoms with E-state index in [2.05, 4.69) is 10.6 Å². The molecule has 1 aliphatic rings. The lowest BCUT2D eigenvalue weighted by atomic mass is 10.1. The first-order valence-electron chi connectivity index (χ1n) is 7.28. The van der Waals surface area contributed by atoms with Gasteiger partial charge < -0.3 is 15.5 Å². The Hall–Kier alpha value is -1.10. The van der Waals surface area contributed by atoms with Crippen molar-refractivity contribution in [2.24, 2.45) is 0 Å². The van der Waals surface area contributed by atoms with Gasteiger partial charge in [-0.25, -0.2) is 0 Å². The molecule has 1 aliphatic carbocycles. The lowest BCUT2D eigenvalue weighted by molar-refractivity contribution is -0.129. The van der Waals surface area contributed by atoms with Crippen LogP contribution in [0.15, 0.2) is 0 Å². The molecule has 0 spiro atoms. The maximum atomic E-state index is 11.7. The van der Waals surface area contributed by atoms with Gasteiger partial charge in [-0.3, -0.25) is 9.59 Å². The quantitative estimate of drug-likeness (QED) is 0.556. The van der Waals surface area contributed by atoms with Crippen LogP contribution in [0.4, 0.5) is 0 Å². The molecule has 0 heterocycles. The molecule has 2 amide bonds. The van der Waals surface area contributed by atoms with Crippen LogP contribution < -0.4 is 10.6 Å². The Labute approximate surface area is 116 Å². The topological polar surface area (TPSA) is 61.4 Å². The standard InChI is InChI=1S/C14H27N3O2/c1-17(2)10-9-15-13(18)11-14(19)16-12-7-5-3-4-6-8-12/h12H,3-11H2,1-2H3,(H,15,18)(H,16,19). The summed E-state index contributed by atoms with van der Waals surface area (Å²) in [6, 6.07) is 0.268. The van der Waals surface area contributed by atoms with Crippen molar-refractivity contribution in [2.45, 2.75) is 51.0 Å². The summed E-state index contributed by atoms with van der Waals surface area (Å²) in [7, 11) is 3.90. The zero-order valence-electron chi connectivity index (χ0n) is 12.2. The predicted octanol–water partition coefficient (Wildman–Crippen LogP) is 0.893. The lowest BCUT2D eigenvalue weighted by Crippen LogP contribution is -2.39. The van der Waals surface area contributed by atoms with Crippen molar-refractivity contribution in [2.75, 3.05) is 27.2 Å². The van der Waals surface area contributed by atoms with E-state index in [1.165, 1.54) is 25.7 Å². The number of amides is 2. The number of carbonyl (C=O) groups is 2. The van der Waals surface area contributed by atoms with Crippen LogP contribution in [-0.2, 0) is 9.59 Å². The molecule has 19 heavy (non-hydrogen) atoms. The molecule has 0 aromatic rings. The summed E-state index contributed by atoms with van der Waals surface area (Å²) in [5.74, 6) is -0.331. The van der Waals surface area contributed by atoms with E-state index in [1.807, 2.05) is 19.0 Å². The molecule has 110 valence electrons. The predicted molar refractivity (Wildman–Crippen MR) is 75.8 cm³/mol. The maximum absolute atomic E-state index is 11.7. The van der Waals surface area contributed by atoms with Gasteiger partial charge in [0, 0.05) is 19.1 Å². The molecule has 1 rings (SSSR count). The SMILES string of the molecule is CN(C)CCNC(=O)CC(=O)NC1CCCCCC1. The van der Waals surface area contributed by atoms with Gasteiger partial charge in [-0.2, -0.15) is 0 Å². The zero-order chi connectivity index (χ0) is 14.1. The van der Waals surface area contributed by atoms with Crippen LogP contribution in [0.2, 0.25) is 0 Å². The van der Waals surface area contributed by atoms with Crippen molar-refractivity contribution in [1.29, 1.82) is 0 Å². The van der Waals surface area contributed by atoms with Crippen LogP contribution in [0.1, 0.15) is 44.9 Å². The summed E-state index contributed by atoms with van der Waals surface area (Å²) in [5, 5.41) is 5.73. The first-order chi connectivity index (χ1) is 9.08. The van der Waals surface area contributed by atoms with Crippen LogP contribution >= 0.6 is 0 Å². The number of rotatable bonds is 6. The van der Waals surface area contributed by atoms with Crippen LogP contribution in [0.3, 0.4) is 0 Å². The molecule has 1 fully saturated rings. The van der Waals surface area contributed by atoms with Gasteiger partial charge in [0.15, 0.2) is 0 Å². The minimum absolute atomic E-state index is 0.0517. The van der Waals surface area contributed by atoms with E-state index in [4.69, 9.17) is 0 Å². The largest absolute Gasteiger partial charge is 0.354 e. The second-order valence-electron chi connectivity index (χ2n) is 5.59. The molecule has 0 aromatic heterocycles. The minimum atomic E-state index is -0.187. The van der Waals surface area contributed by atoms with Gasteiger partial charge in [-0.1, -0.05) is 25.7 Å².